The number of aromatic nitrogens is 4. The molecular weight excluding hydrogens is 188 g/mol. The minimum Gasteiger partial charge on any atom is -0.339 e. The van der Waals surface area contributed by atoms with Gasteiger partial charge in [0.05, 0.1) is 5.69 Å². The Morgan fingerprint density at radius 2 is 1.80 bits per heavy atom. The van der Waals surface area contributed by atoms with Gasteiger partial charge in [-0.1, -0.05) is 27.7 Å². The van der Waals surface area contributed by atoms with Crippen molar-refractivity contribution in [3.8, 4) is 0 Å². The molecule has 2 aromatic heterocycles. The molecule has 0 aliphatic carbocycles. The van der Waals surface area contributed by atoms with Crippen LogP contribution in [0.2, 0.25) is 0 Å². The summed E-state index contributed by atoms with van der Waals surface area (Å²) in [7, 11) is 0. The van der Waals surface area contributed by atoms with Gasteiger partial charge in [0.15, 0.2) is 5.65 Å². The maximum absolute atomic E-state index is 4.45. The lowest BCUT2D eigenvalue weighted by molar-refractivity contribution is 0.795. The van der Waals surface area contributed by atoms with Crippen LogP contribution >= 0.6 is 0 Å². The number of rotatable bonds is 2. The van der Waals surface area contributed by atoms with Gasteiger partial charge in [-0.05, 0) is 5.92 Å². The average molecular weight is 204 g/mol. The molecule has 0 atom stereocenters. The smallest absolute Gasteiger partial charge is 0.181 e. The van der Waals surface area contributed by atoms with Crippen molar-refractivity contribution in [2.45, 2.75) is 39.5 Å². The molecule has 2 heterocycles. The quantitative estimate of drug-likeness (QED) is 0.818. The predicted molar refractivity (Wildman–Crippen MR) is 59.9 cm³/mol. The fourth-order valence-electron chi connectivity index (χ4n) is 1.58. The molecule has 2 rings (SSSR count). The van der Waals surface area contributed by atoms with Crippen LogP contribution in [0.25, 0.3) is 11.2 Å². The van der Waals surface area contributed by atoms with Crippen LogP contribution in [0.1, 0.15) is 51.0 Å². The van der Waals surface area contributed by atoms with E-state index in [0.717, 1.165) is 22.7 Å². The van der Waals surface area contributed by atoms with Crippen molar-refractivity contribution in [2.75, 3.05) is 0 Å². The SMILES string of the molecule is CC(C)c1nc2ncnc(C(C)C)c2[nH]1. The van der Waals surface area contributed by atoms with Crippen molar-refractivity contribution in [3.05, 3.63) is 17.8 Å². The van der Waals surface area contributed by atoms with Gasteiger partial charge in [0, 0.05) is 5.92 Å². The van der Waals surface area contributed by atoms with Crippen molar-refractivity contribution in [3.63, 3.8) is 0 Å². The highest BCUT2D eigenvalue weighted by Crippen LogP contribution is 2.21. The van der Waals surface area contributed by atoms with Gasteiger partial charge in [-0.2, -0.15) is 0 Å². The van der Waals surface area contributed by atoms with E-state index in [1.807, 2.05) is 0 Å². The number of hydrogen-bond donors (Lipinski definition) is 1. The Labute approximate surface area is 89.2 Å². The van der Waals surface area contributed by atoms with Gasteiger partial charge < -0.3 is 4.98 Å². The Morgan fingerprint density at radius 3 is 2.40 bits per heavy atom. The molecule has 0 aromatic carbocycles. The van der Waals surface area contributed by atoms with E-state index in [0.29, 0.717) is 11.8 Å². The van der Waals surface area contributed by atoms with Gasteiger partial charge in [-0.15, -0.1) is 0 Å². The minimum absolute atomic E-state index is 0.385. The van der Waals surface area contributed by atoms with Crippen LogP contribution in [0.5, 0.6) is 0 Å². The molecule has 4 nitrogen and oxygen atoms in total. The normalized spacial score (nSPS) is 11.9. The van der Waals surface area contributed by atoms with Crippen molar-refractivity contribution < 1.29 is 0 Å². The maximum Gasteiger partial charge on any atom is 0.181 e. The molecule has 0 aliphatic rings. The Kier molecular flexibility index (Phi) is 2.42. The molecule has 0 amide bonds. The zero-order valence-corrected chi connectivity index (χ0v) is 9.57. The number of imidazole rings is 1. The highest BCUT2D eigenvalue weighted by atomic mass is 15.0. The lowest BCUT2D eigenvalue weighted by Gasteiger charge is -2.03. The second-order valence-corrected chi connectivity index (χ2v) is 4.39. The van der Waals surface area contributed by atoms with Crippen LogP contribution in [-0.4, -0.2) is 19.9 Å². The third kappa shape index (κ3) is 1.71. The summed E-state index contributed by atoms with van der Waals surface area (Å²) >= 11 is 0. The summed E-state index contributed by atoms with van der Waals surface area (Å²) in [6, 6.07) is 0. The monoisotopic (exact) mass is 204 g/mol. The maximum atomic E-state index is 4.45. The summed E-state index contributed by atoms with van der Waals surface area (Å²) < 4.78 is 0. The van der Waals surface area contributed by atoms with E-state index in [-0.39, 0.29) is 0 Å². The van der Waals surface area contributed by atoms with Gasteiger partial charge in [-0.25, -0.2) is 15.0 Å². The van der Waals surface area contributed by atoms with Crippen LogP contribution in [0.15, 0.2) is 6.33 Å². The zero-order valence-electron chi connectivity index (χ0n) is 9.57. The predicted octanol–water partition coefficient (Wildman–Crippen LogP) is 2.60. The van der Waals surface area contributed by atoms with Gasteiger partial charge in [0.25, 0.3) is 0 Å². The van der Waals surface area contributed by atoms with Crippen LogP contribution in [-0.2, 0) is 0 Å². The fraction of sp³-hybridized carbons (Fsp3) is 0.545. The van der Waals surface area contributed by atoms with Crippen molar-refractivity contribution in [1.82, 2.24) is 19.9 Å². The lowest BCUT2D eigenvalue weighted by atomic mass is 10.1. The molecule has 1 N–H and O–H groups in total. The third-order valence-corrected chi connectivity index (χ3v) is 2.43. The number of nitrogens with one attached hydrogen (secondary N) is 1. The van der Waals surface area contributed by atoms with E-state index in [2.05, 4.69) is 47.6 Å². The van der Waals surface area contributed by atoms with Gasteiger partial charge in [0.1, 0.15) is 17.7 Å². The van der Waals surface area contributed by atoms with Crippen molar-refractivity contribution >= 4 is 11.2 Å². The summed E-state index contributed by atoms with van der Waals surface area (Å²) in [5, 5.41) is 0. The largest absolute Gasteiger partial charge is 0.339 e. The third-order valence-electron chi connectivity index (χ3n) is 2.43. The Balaban J connectivity index is 2.64. The van der Waals surface area contributed by atoms with Gasteiger partial charge >= 0.3 is 0 Å². The van der Waals surface area contributed by atoms with Crippen LogP contribution in [0.4, 0.5) is 0 Å². The number of hydrogen-bond acceptors (Lipinski definition) is 3. The first-order valence-corrected chi connectivity index (χ1v) is 5.30. The molecule has 0 radical (unpaired) electrons. The number of H-pyrrole nitrogens is 1. The fourth-order valence-corrected chi connectivity index (χ4v) is 1.58. The molecule has 2 aromatic rings. The molecule has 0 spiro atoms. The van der Waals surface area contributed by atoms with E-state index in [1.165, 1.54) is 0 Å². The number of fused-ring (bicyclic) bond motifs is 1. The summed E-state index contributed by atoms with van der Waals surface area (Å²) in [6.07, 6.45) is 1.59. The van der Waals surface area contributed by atoms with E-state index < -0.39 is 0 Å². The molecule has 15 heavy (non-hydrogen) atoms. The van der Waals surface area contributed by atoms with Crippen molar-refractivity contribution in [1.29, 1.82) is 0 Å². The summed E-state index contributed by atoms with van der Waals surface area (Å²) in [4.78, 5) is 16.2. The first-order valence-electron chi connectivity index (χ1n) is 5.30. The van der Waals surface area contributed by atoms with Crippen LogP contribution in [0.3, 0.4) is 0 Å². The summed E-state index contributed by atoms with van der Waals surface area (Å²) in [6.45, 7) is 8.47. The molecular formula is C11H16N4. The molecule has 0 saturated heterocycles. The highest BCUT2D eigenvalue weighted by molar-refractivity contribution is 5.73. The van der Waals surface area contributed by atoms with Crippen LogP contribution in [0, 0.1) is 0 Å². The first kappa shape index (κ1) is 10.1. The molecule has 0 bridgehead atoms. The van der Waals surface area contributed by atoms with E-state index in [9.17, 15) is 0 Å². The van der Waals surface area contributed by atoms with E-state index in [1.54, 1.807) is 6.33 Å². The van der Waals surface area contributed by atoms with Crippen LogP contribution < -0.4 is 0 Å². The molecule has 0 aliphatic heterocycles. The molecule has 0 saturated carbocycles. The molecule has 0 fully saturated rings. The first-order chi connectivity index (χ1) is 7.09. The summed E-state index contributed by atoms with van der Waals surface area (Å²) in [5.41, 5.74) is 2.80. The highest BCUT2D eigenvalue weighted by Gasteiger charge is 2.13. The standard InChI is InChI=1S/C11H16N4/c1-6(2)8-9-11(13-5-12-8)15-10(14-9)7(3)4/h5-7H,1-4H3,(H,12,13,14,15). The second kappa shape index (κ2) is 3.61. The average Bonchev–Trinajstić information content (AvgIpc) is 2.60. The lowest BCUT2D eigenvalue weighted by Crippen LogP contribution is -1.95. The number of aromatic amines is 1. The topological polar surface area (TPSA) is 54.5 Å². The van der Waals surface area contributed by atoms with E-state index in [4.69, 9.17) is 0 Å². The summed E-state index contributed by atoms with van der Waals surface area (Å²) in [5.74, 6) is 1.75. The Morgan fingerprint density at radius 1 is 1.07 bits per heavy atom. The Hall–Kier alpha value is -1.45. The Bertz CT molecular complexity index is 470. The second-order valence-electron chi connectivity index (χ2n) is 4.39. The van der Waals surface area contributed by atoms with Gasteiger partial charge in [-0.3, -0.25) is 0 Å². The minimum atomic E-state index is 0.385. The van der Waals surface area contributed by atoms with Gasteiger partial charge in [0.2, 0.25) is 0 Å². The number of nitrogens with zero attached hydrogens (tertiary/aromatic N) is 3. The van der Waals surface area contributed by atoms with E-state index >= 15 is 0 Å². The molecule has 0 unspecified atom stereocenters. The van der Waals surface area contributed by atoms with Crippen molar-refractivity contribution in [2.24, 2.45) is 0 Å². The molecule has 80 valence electrons. The molecule has 4 heteroatoms. The zero-order chi connectivity index (χ0) is 11.0.